The highest BCUT2D eigenvalue weighted by atomic mass is 35.5. The van der Waals surface area contributed by atoms with Gasteiger partial charge in [-0.2, -0.15) is 0 Å². The Balaban J connectivity index is 1.54. The summed E-state index contributed by atoms with van der Waals surface area (Å²) >= 11 is 12.1. The third-order valence-corrected chi connectivity index (χ3v) is 6.07. The number of halogens is 2. The fraction of sp³-hybridized carbons (Fsp3) is 0.381. The van der Waals surface area contributed by atoms with Crippen molar-refractivity contribution in [1.82, 2.24) is 9.80 Å². The first-order chi connectivity index (χ1) is 13.1. The molecule has 1 amide bonds. The summed E-state index contributed by atoms with van der Waals surface area (Å²) in [5.41, 5.74) is 2.02. The van der Waals surface area contributed by atoms with Gasteiger partial charge in [0.1, 0.15) is 5.76 Å². The fourth-order valence-corrected chi connectivity index (χ4v) is 4.24. The number of carbonyl (C=O) groups is 1. The molecular formula is C21H22Cl2N2O2. The highest BCUT2D eigenvalue weighted by Gasteiger charge is 2.33. The maximum Gasteiger partial charge on any atom is 0.227 e. The van der Waals surface area contributed by atoms with Crippen molar-refractivity contribution in [2.75, 3.05) is 26.2 Å². The van der Waals surface area contributed by atoms with E-state index in [9.17, 15) is 4.79 Å². The number of fused-ring (bicyclic) bond motifs is 1. The Morgan fingerprint density at radius 1 is 1.15 bits per heavy atom. The van der Waals surface area contributed by atoms with Crippen molar-refractivity contribution in [3.05, 3.63) is 69.6 Å². The summed E-state index contributed by atoms with van der Waals surface area (Å²) in [6.07, 6.45) is 8.29. The Labute approximate surface area is 169 Å². The number of benzene rings is 1. The van der Waals surface area contributed by atoms with E-state index in [1.807, 2.05) is 17.0 Å². The summed E-state index contributed by atoms with van der Waals surface area (Å²) in [5, 5.41) is 0.985. The smallest absolute Gasteiger partial charge is 0.227 e. The van der Waals surface area contributed by atoms with Crippen LogP contribution >= 0.6 is 23.2 Å². The molecule has 4 nitrogen and oxygen atoms in total. The largest absolute Gasteiger partial charge is 0.469 e. The summed E-state index contributed by atoms with van der Waals surface area (Å²) in [4.78, 5) is 17.5. The predicted molar refractivity (Wildman–Crippen MR) is 107 cm³/mol. The lowest BCUT2D eigenvalue weighted by atomic mass is 9.97. The molecule has 142 valence electrons. The molecule has 2 aromatic rings. The Morgan fingerprint density at radius 3 is 2.81 bits per heavy atom. The maximum atomic E-state index is 13.1. The van der Waals surface area contributed by atoms with E-state index >= 15 is 0 Å². The zero-order valence-electron chi connectivity index (χ0n) is 15.0. The third-order valence-electron chi connectivity index (χ3n) is 5.33. The molecule has 27 heavy (non-hydrogen) atoms. The van der Waals surface area contributed by atoms with Gasteiger partial charge in [0.25, 0.3) is 0 Å². The molecule has 0 N–H and O–H groups in total. The van der Waals surface area contributed by atoms with E-state index in [0.29, 0.717) is 23.0 Å². The molecule has 0 fully saturated rings. The van der Waals surface area contributed by atoms with Gasteiger partial charge in [0.15, 0.2) is 0 Å². The molecule has 0 spiro atoms. The van der Waals surface area contributed by atoms with E-state index in [1.54, 1.807) is 18.4 Å². The average molecular weight is 405 g/mol. The van der Waals surface area contributed by atoms with E-state index in [4.69, 9.17) is 27.6 Å². The van der Waals surface area contributed by atoms with Crippen LogP contribution in [0.5, 0.6) is 0 Å². The highest BCUT2D eigenvalue weighted by molar-refractivity contribution is 6.42. The molecule has 6 heteroatoms. The normalized spacial score (nSPS) is 19.9. The number of hydrogen-bond acceptors (Lipinski definition) is 3. The van der Waals surface area contributed by atoms with Gasteiger partial charge >= 0.3 is 0 Å². The van der Waals surface area contributed by atoms with Crippen LogP contribution in [0, 0.1) is 0 Å². The van der Waals surface area contributed by atoms with E-state index < -0.39 is 0 Å². The molecule has 0 saturated carbocycles. The number of hydrogen-bond donors (Lipinski definition) is 0. The van der Waals surface area contributed by atoms with Crippen molar-refractivity contribution >= 4 is 29.1 Å². The second-order valence-electron chi connectivity index (χ2n) is 7.10. The number of carbonyl (C=O) groups excluding carboxylic acids is 1. The second kappa shape index (κ2) is 8.09. The van der Waals surface area contributed by atoms with E-state index in [0.717, 1.165) is 49.4 Å². The summed E-state index contributed by atoms with van der Waals surface area (Å²) in [7, 11) is 0. The van der Waals surface area contributed by atoms with Crippen molar-refractivity contribution in [2.45, 2.75) is 25.3 Å². The Bertz CT molecular complexity index is 862. The van der Waals surface area contributed by atoms with Crippen molar-refractivity contribution in [3.8, 4) is 0 Å². The molecular weight excluding hydrogens is 383 g/mol. The number of rotatable bonds is 4. The molecule has 0 aliphatic carbocycles. The van der Waals surface area contributed by atoms with E-state index in [-0.39, 0.29) is 11.9 Å². The molecule has 0 bridgehead atoms. The van der Waals surface area contributed by atoms with Crippen LogP contribution in [0.25, 0.3) is 0 Å². The lowest BCUT2D eigenvalue weighted by Crippen LogP contribution is -2.46. The summed E-state index contributed by atoms with van der Waals surface area (Å²) in [5.74, 6) is 1.11. The second-order valence-corrected chi connectivity index (χ2v) is 7.91. The molecule has 4 rings (SSSR count). The first-order valence-electron chi connectivity index (χ1n) is 9.29. The Hall–Kier alpha value is -1.75. The van der Waals surface area contributed by atoms with Crippen molar-refractivity contribution in [2.24, 2.45) is 0 Å². The van der Waals surface area contributed by atoms with E-state index in [2.05, 4.69) is 17.1 Å². The van der Waals surface area contributed by atoms with Gasteiger partial charge in [-0.3, -0.25) is 9.69 Å². The quantitative estimate of drug-likeness (QED) is 0.702. The van der Waals surface area contributed by atoms with Gasteiger partial charge in [-0.05, 0) is 30.2 Å². The van der Waals surface area contributed by atoms with Gasteiger partial charge < -0.3 is 9.32 Å². The lowest BCUT2D eigenvalue weighted by Gasteiger charge is -2.38. The SMILES string of the molecule is O=C(Cc1ccc(Cl)c(Cl)c1)N1CCc2occc2C1CN1CC=CCC1. The summed E-state index contributed by atoms with van der Waals surface area (Å²) < 4.78 is 5.65. The van der Waals surface area contributed by atoms with Gasteiger partial charge in [0.2, 0.25) is 5.91 Å². The molecule has 1 unspecified atom stereocenters. The monoisotopic (exact) mass is 404 g/mol. The van der Waals surface area contributed by atoms with Gasteiger partial charge in [-0.25, -0.2) is 0 Å². The zero-order valence-corrected chi connectivity index (χ0v) is 16.5. The van der Waals surface area contributed by atoms with Crippen LogP contribution in [0.1, 0.15) is 29.3 Å². The molecule has 0 radical (unpaired) electrons. The Morgan fingerprint density at radius 2 is 2.04 bits per heavy atom. The van der Waals surface area contributed by atoms with Crippen LogP contribution in [-0.2, 0) is 17.6 Å². The van der Waals surface area contributed by atoms with Gasteiger partial charge in [-0.15, -0.1) is 0 Å². The molecule has 3 heterocycles. The molecule has 1 aromatic carbocycles. The van der Waals surface area contributed by atoms with Gasteiger partial charge in [0.05, 0.1) is 28.8 Å². The molecule has 2 aliphatic heterocycles. The van der Waals surface area contributed by atoms with Gasteiger partial charge in [-0.1, -0.05) is 41.4 Å². The minimum atomic E-state index is 0.0225. The number of nitrogens with zero attached hydrogens (tertiary/aromatic N) is 2. The molecule has 2 aliphatic rings. The minimum Gasteiger partial charge on any atom is -0.469 e. The average Bonchev–Trinajstić information content (AvgIpc) is 3.15. The van der Waals surface area contributed by atoms with Crippen molar-refractivity contribution in [1.29, 1.82) is 0 Å². The van der Waals surface area contributed by atoms with Crippen LogP contribution in [0.15, 0.2) is 47.1 Å². The highest BCUT2D eigenvalue weighted by Crippen LogP contribution is 2.32. The lowest BCUT2D eigenvalue weighted by molar-refractivity contribution is -0.134. The van der Waals surface area contributed by atoms with Crippen LogP contribution in [0.3, 0.4) is 0 Å². The topological polar surface area (TPSA) is 36.7 Å². The van der Waals surface area contributed by atoms with Crippen LogP contribution < -0.4 is 0 Å². The summed E-state index contributed by atoms with van der Waals surface area (Å²) in [6, 6.07) is 7.42. The minimum absolute atomic E-state index is 0.0225. The van der Waals surface area contributed by atoms with Crippen molar-refractivity contribution < 1.29 is 9.21 Å². The number of amides is 1. The first kappa shape index (κ1) is 18.6. The summed E-state index contributed by atoms with van der Waals surface area (Å²) in [6.45, 7) is 3.45. The Kier molecular flexibility index (Phi) is 5.58. The predicted octanol–water partition coefficient (Wildman–Crippen LogP) is 4.52. The van der Waals surface area contributed by atoms with Crippen molar-refractivity contribution in [3.63, 3.8) is 0 Å². The van der Waals surface area contributed by atoms with Crippen LogP contribution in [0.2, 0.25) is 10.0 Å². The third kappa shape index (κ3) is 4.08. The zero-order chi connectivity index (χ0) is 18.8. The maximum absolute atomic E-state index is 13.1. The fourth-order valence-electron chi connectivity index (χ4n) is 3.92. The first-order valence-corrected chi connectivity index (χ1v) is 10.0. The molecule has 0 saturated heterocycles. The molecule has 1 aromatic heterocycles. The van der Waals surface area contributed by atoms with Gasteiger partial charge in [0, 0.05) is 38.2 Å². The van der Waals surface area contributed by atoms with Crippen LogP contribution in [0.4, 0.5) is 0 Å². The van der Waals surface area contributed by atoms with Crippen LogP contribution in [-0.4, -0.2) is 41.9 Å². The van der Waals surface area contributed by atoms with E-state index in [1.165, 1.54) is 0 Å². The standard InChI is InChI=1S/C21H22Cl2N2O2/c22-17-5-4-15(12-18(17)23)13-21(26)25-10-6-20-16(7-11-27-20)19(25)14-24-8-2-1-3-9-24/h1-2,4-5,7,11-12,19H,3,6,8-10,13-14H2. The molecule has 1 atom stereocenters. The number of furan rings is 1.